The Bertz CT molecular complexity index is 515. The van der Waals surface area contributed by atoms with Crippen LogP contribution in [0.15, 0.2) is 39.7 Å². The van der Waals surface area contributed by atoms with Crippen molar-refractivity contribution < 1.29 is 9.21 Å². The first-order valence-electron chi connectivity index (χ1n) is 5.30. The standard InChI is InChI=1S/C11H11BrN4O2/c12-9-3-2-8(18-9)10(17)13-6-7-16-11-14-4-1-5-15-11/h1-5H,6-7H2,(H,13,17)(H,14,15,16). The lowest BCUT2D eigenvalue weighted by Gasteiger charge is -2.04. The van der Waals surface area contributed by atoms with E-state index in [1.807, 2.05) is 0 Å². The average Bonchev–Trinajstić information content (AvgIpc) is 2.82. The Morgan fingerprint density at radius 2 is 2.06 bits per heavy atom. The van der Waals surface area contributed by atoms with E-state index in [0.29, 0.717) is 23.7 Å². The van der Waals surface area contributed by atoms with E-state index in [1.165, 1.54) is 0 Å². The predicted octanol–water partition coefficient (Wildman–Crippen LogP) is 1.67. The molecule has 7 heteroatoms. The zero-order valence-corrected chi connectivity index (χ0v) is 11.0. The second-order valence-electron chi connectivity index (χ2n) is 3.36. The van der Waals surface area contributed by atoms with Gasteiger partial charge in [-0.2, -0.15) is 0 Å². The molecular formula is C11H11BrN4O2. The number of nitrogens with zero attached hydrogens (tertiary/aromatic N) is 2. The lowest BCUT2D eigenvalue weighted by atomic mass is 10.4. The largest absolute Gasteiger partial charge is 0.444 e. The molecule has 0 aliphatic heterocycles. The van der Waals surface area contributed by atoms with Gasteiger partial charge in [0.15, 0.2) is 10.4 Å². The van der Waals surface area contributed by atoms with E-state index < -0.39 is 0 Å². The fourth-order valence-electron chi connectivity index (χ4n) is 1.26. The zero-order chi connectivity index (χ0) is 12.8. The zero-order valence-electron chi connectivity index (χ0n) is 9.39. The van der Waals surface area contributed by atoms with E-state index in [4.69, 9.17) is 4.42 Å². The average molecular weight is 311 g/mol. The minimum atomic E-state index is -0.253. The summed E-state index contributed by atoms with van der Waals surface area (Å²) in [5.41, 5.74) is 0. The van der Waals surface area contributed by atoms with Crippen LogP contribution in [0.25, 0.3) is 0 Å². The lowest BCUT2D eigenvalue weighted by molar-refractivity contribution is 0.0926. The van der Waals surface area contributed by atoms with Gasteiger partial charge in [0.2, 0.25) is 5.95 Å². The third-order valence-electron chi connectivity index (χ3n) is 2.06. The Hall–Kier alpha value is -1.89. The Labute approximate surface area is 112 Å². The SMILES string of the molecule is O=C(NCCNc1ncccn1)c1ccc(Br)o1. The van der Waals surface area contributed by atoms with Gasteiger partial charge in [0.1, 0.15) is 0 Å². The molecule has 0 bridgehead atoms. The smallest absolute Gasteiger partial charge is 0.287 e. The molecular weight excluding hydrogens is 300 g/mol. The number of carbonyl (C=O) groups excluding carboxylic acids is 1. The molecule has 0 atom stereocenters. The van der Waals surface area contributed by atoms with Crippen LogP contribution < -0.4 is 10.6 Å². The Kier molecular flexibility index (Phi) is 4.30. The predicted molar refractivity (Wildman–Crippen MR) is 69.3 cm³/mol. The number of amides is 1. The molecule has 0 aliphatic rings. The van der Waals surface area contributed by atoms with Crippen LogP contribution in [0.1, 0.15) is 10.6 Å². The fourth-order valence-corrected chi connectivity index (χ4v) is 1.57. The van der Waals surface area contributed by atoms with Crippen molar-refractivity contribution in [3.8, 4) is 0 Å². The van der Waals surface area contributed by atoms with E-state index in [0.717, 1.165) is 0 Å². The summed E-state index contributed by atoms with van der Waals surface area (Å²) < 4.78 is 5.65. The van der Waals surface area contributed by atoms with E-state index in [-0.39, 0.29) is 11.7 Å². The molecule has 2 heterocycles. The summed E-state index contributed by atoms with van der Waals surface area (Å²) in [5.74, 6) is 0.557. The molecule has 2 rings (SSSR count). The van der Waals surface area contributed by atoms with Crippen LogP contribution in [-0.2, 0) is 0 Å². The molecule has 2 N–H and O–H groups in total. The molecule has 0 saturated carbocycles. The third kappa shape index (κ3) is 3.56. The number of furan rings is 1. The molecule has 2 aromatic rings. The summed E-state index contributed by atoms with van der Waals surface area (Å²) in [6.45, 7) is 0.993. The van der Waals surface area contributed by atoms with Crippen LogP contribution in [0.4, 0.5) is 5.95 Å². The van der Waals surface area contributed by atoms with Crippen molar-refractivity contribution in [2.45, 2.75) is 0 Å². The minimum absolute atomic E-state index is 0.253. The normalized spacial score (nSPS) is 10.1. The van der Waals surface area contributed by atoms with Gasteiger partial charge in [0.25, 0.3) is 5.91 Å². The molecule has 0 unspecified atom stereocenters. The van der Waals surface area contributed by atoms with Gasteiger partial charge in [0.05, 0.1) is 0 Å². The van der Waals surface area contributed by atoms with Crippen LogP contribution in [-0.4, -0.2) is 29.0 Å². The van der Waals surface area contributed by atoms with Gasteiger partial charge < -0.3 is 15.1 Å². The van der Waals surface area contributed by atoms with E-state index in [9.17, 15) is 4.79 Å². The maximum absolute atomic E-state index is 11.6. The molecule has 18 heavy (non-hydrogen) atoms. The van der Waals surface area contributed by atoms with Gasteiger partial charge in [0, 0.05) is 25.5 Å². The summed E-state index contributed by atoms with van der Waals surface area (Å²) in [6, 6.07) is 5.01. The van der Waals surface area contributed by atoms with Crippen molar-refractivity contribution >= 4 is 27.8 Å². The van der Waals surface area contributed by atoms with Crippen LogP contribution >= 0.6 is 15.9 Å². The van der Waals surface area contributed by atoms with Crippen LogP contribution in [0.3, 0.4) is 0 Å². The second kappa shape index (κ2) is 6.15. The lowest BCUT2D eigenvalue weighted by Crippen LogP contribution is -2.28. The molecule has 6 nitrogen and oxygen atoms in total. The van der Waals surface area contributed by atoms with E-state index in [1.54, 1.807) is 30.6 Å². The molecule has 0 radical (unpaired) electrons. The first kappa shape index (κ1) is 12.6. The highest BCUT2D eigenvalue weighted by molar-refractivity contribution is 9.10. The number of aromatic nitrogens is 2. The minimum Gasteiger partial charge on any atom is -0.444 e. The highest BCUT2D eigenvalue weighted by Crippen LogP contribution is 2.13. The van der Waals surface area contributed by atoms with Crippen molar-refractivity contribution in [3.63, 3.8) is 0 Å². The van der Waals surface area contributed by atoms with Crippen molar-refractivity contribution in [1.29, 1.82) is 0 Å². The molecule has 2 aromatic heterocycles. The Balaban J connectivity index is 1.71. The summed E-state index contributed by atoms with van der Waals surface area (Å²) in [4.78, 5) is 19.6. The van der Waals surface area contributed by atoms with Gasteiger partial charge in [-0.15, -0.1) is 0 Å². The van der Waals surface area contributed by atoms with Crippen molar-refractivity contribution in [3.05, 3.63) is 41.0 Å². The number of carbonyl (C=O) groups is 1. The van der Waals surface area contributed by atoms with Crippen molar-refractivity contribution in [1.82, 2.24) is 15.3 Å². The molecule has 0 aliphatic carbocycles. The monoisotopic (exact) mass is 310 g/mol. The molecule has 0 aromatic carbocycles. The second-order valence-corrected chi connectivity index (χ2v) is 4.14. The number of rotatable bonds is 5. The van der Waals surface area contributed by atoms with Gasteiger partial charge in [-0.25, -0.2) is 9.97 Å². The first-order valence-corrected chi connectivity index (χ1v) is 6.09. The van der Waals surface area contributed by atoms with Crippen LogP contribution in [0.2, 0.25) is 0 Å². The number of hydrogen-bond acceptors (Lipinski definition) is 5. The Morgan fingerprint density at radius 3 is 2.72 bits per heavy atom. The van der Waals surface area contributed by atoms with Crippen LogP contribution in [0.5, 0.6) is 0 Å². The van der Waals surface area contributed by atoms with Gasteiger partial charge in [-0.1, -0.05) is 0 Å². The van der Waals surface area contributed by atoms with Gasteiger partial charge in [-0.05, 0) is 34.1 Å². The maximum Gasteiger partial charge on any atom is 0.287 e. The van der Waals surface area contributed by atoms with Crippen molar-refractivity contribution in [2.24, 2.45) is 0 Å². The van der Waals surface area contributed by atoms with Gasteiger partial charge >= 0.3 is 0 Å². The Morgan fingerprint density at radius 1 is 1.28 bits per heavy atom. The molecule has 0 fully saturated rings. The number of halogens is 1. The van der Waals surface area contributed by atoms with E-state index in [2.05, 4.69) is 36.5 Å². The fraction of sp³-hybridized carbons (Fsp3) is 0.182. The van der Waals surface area contributed by atoms with Crippen molar-refractivity contribution in [2.75, 3.05) is 18.4 Å². The summed E-state index contributed by atoms with van der Waals surface area (Å²) >= 11 is 3.14. The molecule has 1 amide bonds. The highest BCUT2D eigenvalue weighted by Gasteiger charge is 2.08. The highest BCUT2D eigenvalue weighted by atomic mass is 79.9. The number of anilines is 1. The topological polar surface area (TPSA) is 80.0 Å². The number of nitrogens with one attached hydrogen (secondary N) is 2. The third-order valence-corrected chi connectivity index (χ3v) is 2.48. The molecule has 0 spiro atoms. The summed E-state index contributed by atoms with van der Waals surface area (Å²) in [6.07, 6.45) is 3.29. The summed E-state index contributed by atoms with van der Waals surface area (Å²) in [7, 11) is 0. The quantitative estimate of drug-likeness (QED) is 0.821. The molecule has 94 valence electrons. The van der Waals surface area contributed by atoms with Gasteiger partial charge in [-0.3, -0.25) is 4.79 Å². The first-order chi connectivity index (χ1) is 8.75. The van der Waals surface area contributed by atoms with Crippen LogP contribution in [0, 0.1) is 0 Å². The number of hydrogen-bond donors (Lipinski definition) is 2. The molecule has 0 saturated heterocycles. The van der Waals surface area contributed by atoms with E-state index >= 15 is 0 Å². The summed E-state index contributed by atoms with van der Waals surface area (Å²) in [5, 5.41) is 5.69. The maximum atomic E-state index is 11.6.